The predicted molar refractivity (Wildman–Crippen MR) is 189 cm³/mol. The van der Waals surface area contributed by atoms with Crippen LogP contribution in [0.4, 0.5) is 39.5 Å². The Kier molecular flexibility index (Phi) is 10.7. The van der Waals surface area contributed by atoms with E-state index >= 15 is 0 Å². The molecule has 1 fully saturated rings. The molecular weight excluding hydrogens is 713 g/mol. The monoisotopic (exact) mass is 746 g/mol. The first-order chi connectivity index (χ1) is 24.1. The summed E-state index contributed by atoms with van der Waals surface area (Å²) in [6, 6.07) is 33.9. The molecule has 266 valence electrons. The average molecular weight is 747 g/mol. The van der Waals surface area contributed by atoms with Gasteiger partial charge >= 0.3 is 18.5 Å². The van der Waals surface area contributed by atoms with Crippen molar-refractivity contribution in [2.45, 2.75) is 56.3 Å². The molecule has 1 saturated carbocycles. The fraction of sp³-hybridized carbons (Fsp3) is 0.250. The van der Waals surface area contributed by atoms with Crippen molar-refractivity contribution in [3.05, 3.63) is 150 Å². The molecule has 0 amide bonds. The third kappa shape index (κ3) is 8.21. The van der Waals surface area contributed by atoms with Crippen LogP contribution in [0, 0.1) is 5.92 Å². The van der Waals surface area contributed by atoms with Crippen molar-refractivity contribution in [1.82, 2.24) is 0 Å². The molecule has 0 bridgehead atoms. The summed E-state index contributed by atoms with van der Waals surface area (Å²) in [4.78, 5) is 0. The van der Waals surface area contributed by atoms with Gasteiger partial charge in [-0.1, -0.05) is 110 Å². The van der Waals surface area contributed by atoms with Crippen LogP contribution in [0.25, 0.3) is 0 Å². The molecule has 51 heavy (non-hydrogen) atoms. The summed E-state index contributed by atoms with van der Waals surface area (Å²) in [6.07, 6.45) is -12.9. The van der Waals surface area contributed by atoms with Crippen LogP contribution in [-0.4, -0.2) is 5.66 Å². The molecule has 0 spiro atoms. The zero-order valence-corrected chi connectivity index (χ0v) is 29.1. The summed E-state index contributed by atoms with van der Waals surface area (Å²) in [5.41, 5.74) is -3.50. The van der Waals surface area contributed by atoms with Gasteiger partial charge in [0.1, 0.15) is 0 Å². The molecule has 1 aliphatic carbocycles. The van der Waals surface area contributed by atoms with E-state index in [1.807, 2.05) is 54.6 Å². The fourth-order valence-corrected chi connectivity index (χ4v) is 12.8. The highest BCUT2D eigenvalue weighted by Gasteiger charge is 2.42. The molecule has 0 radical (unpaired) electrons. The van der Waals surface area contributed by atoms with Crippen LogP contribution in [0.2, 0.25) is 0 Å². The first kappa shape index (κ1) is 37.1. The largest absolute Gasteiger partial charge is 0.416 e. The SMILES string of the molecule is C[C@@H](C1CCCC1c1ccccc1P(c1ccccc1)c1ccccc1)P(c1cccc(C(F)(F)F)c1)c1cc(C(F)(F)F)cc(C(F)(F)F)c1. The summed E-state index contributed by atoms with van der Waals surface area (Å²) in [5.74, 6) is -0.364. The molecule has 6 rings (SSSR count). The number of hydrogen-bond donors (Lipinski definition) is 0. The molecule has 0 saturated heterocycles. The van der Waals surface area contributed by atoms with Crippen molar-refractivity contribution < 1.29 is 39.5 Å². The Morgan fingerprint density at radius 2 is 1.00 bits per heavy atom. The van der Waals surface area contributed by atoms with Crippen molar-refractivity contribution in [2.75, 3.05) is 0 Å². The van der Waals surface area contributed by atoms with E-state index in [9.17, 15) is 39.5 Å². The molecule has 0 aromatic heterocycles. The summed E-state index contributed by atoms with van der Waals surface area (Å²) >= 11 is 0. The lowest BCUT2D eigenvalue weighted by Gasteiger charge is -2.36. The Balaban J connectivity index is 1.51. The Morgan fingerprint density at radius 3 is 1.55 bits per heavy atom. The zero-order valence-electron chi connectivity index (χ0n) is 27.3. The molecule has 5 aromatic carbocycles. The second-order valence-corrected chi connectivity index (χ2v) is 17.5. The lowest BCUT2D eigenvalue weighted by Crippen LogP contribution is -2.31. The number of benzene rings is 5. The molecule has 11 heteroatoms. The van der Waals surface area contributed by atoms with Crippen molar-refractivity contribution in [3.8, 4) is 0 Å². The minimum absolute atomic E-state index is 0.0674. The standard InChI is InChI=1S/C40H33F9P2/c1-26(50(32-17-10-12-27(23-32)38(41,42)43)33-24-28(39(44,45)46)22-29(25-33)40(47,48)49)34-19-11-20-35(34)36-18-8-9-21-37(36)51(30-13-4-2-5-14-30)31-15-6-3-7-16-31/h2-10,12-18,21-26,34-35H,11,19-20H2,1H3/t26-,34?,35?,50?/m0/s1. The van der Waals surface area contributed by atoms with Crippen LogP contribution < -0.4 is 26.5 Å². The van der Waals surface area contributed by atoms with Crippen LogP contribution in [0.5, 0.6) is 0 Å². The maximum atomic E-state index is 14.1. The Hall–Kier alpha value is -3.67. The lowest BCUT2D eigenvalue weighted by atomic mass is 9.87. The van der Waals surface area contributed by atoms with Gasteiger partial charge in [-0.15, -0.1) is 0 Å². The van der Waals surface area contributed by atoms with Crippen LogP contribution in [0.1, 0.15) is 54.4 Å². The Morgan fingerprint density at radius 1 is 0.510 bits per heavy atom. The van der Waals surface area contributed by atoms with E-state index in [1.165, 1.54) is 12.1 Å². The molecule has 1 aliphatic rings. The van der Waals surface area contributed by atoms with Gasteiger partial charge in [0.15, 0.2) is 0 Å². The number of halogens is 9. The van der Waals surface area contributed by atoms with Crippen molar-refractivity contribution >= 4 is 42.4 Å². The highest BCUT2D eigenvalue weighted by molar-refractivity contribution is 7.80. The third-order valence-corrected chi connectivity index (χ3v) is 14.9. The molecule has 0 N–H and O–H groups in total. The van der Waals surface area contributed by atoms with Gasteiger partial charge in [-0.3, -0.25) is 0 Å². The smallest absolute Gasteiger partial charge is 0.166 e. The minimum atomic E-state index is -5.10. The van der Waals surface area contributed by atoms with Gasteiger partial charge in [-0.05, 0) is 109 Å². The van der Waals surface area contributed by atoms with Gasteiger partial charge in [-0.25, -0.2) is 0 Å². The van der Waals surface area contributed by atoms with Crippen molar-refractivity contribution in [1.29, 1.82) is 0 Å². The topological polar surface area (TPSA) is 0 Å². The maximum absolute atomic E-state index is 14.1. The average Bonchev–Trinajstić information content (AvgIpc) is 3.59. The van der Waals surface area contributed by atoms with E-state index in [-0.39, 0.29) is 28.5 Å². The highest BCUT2D eigenvalue weighted by atomic mass is 31.1. The van der Waals surface area contributed by atoms with E-state index in [2.05, 4.69) is 30.3 Å². The van der Waals surface area contributed by atoms with Crippen molar-refractivity contribution in [3.63, 3.8) is 0 Å². The first-order valence-corrected chi connectivity index (χ1v) is 19.1. The van der Waals surface area contributed by atoms with Crippen LogP contribution >= 0.6 is 15.8 Å². The summed E-state index contributed by atoms with van der Waals surface area (Å²) in [6.45, 7) is 1.78. The lowest BCUT2D eigenvalue weighted by molar-refractivity contribution is -0.143. The Bertz CT molecular complexity index is 1860. The number of rotatable bonds is 8. The number of hydrogen-bond acceptors (Lipinski definition) is 0. The van der Waals surface area contributed by atoms with Crippen molar-refractivity contribution in [2.24, 2.45) is 5.92 Å². The first-order valence-electron chi connectivity index (χ1n) is 16.4. The van der Waals surface area contributed by atoms with Gasteiger partial charge in [0, 0.05) is 0 Å². The molecule has 0 aliphatic heterocycles. The molecule has 0 nitrogen and oxygen atoms in total. The van der Waals surface area contributed by atoms with Gasteiger partial charge in [0.05, 0.1) is 16.7 Å². The Labute approximate surface area is 293 Å². The predicted octanol–water partition coefficient (Wildman–Crippen LogP) is 10.9. The second-order valence-electron chi connectivity index (χ2n) is 12.7. The van der Waals surface area contributed by atoms with Crippen LogP contribution in [-0.2, 0) is 18.5 Å². The van der Waals surface area contributed by atoms with Gasteiger partial charge < -0.3 is 0 Å². The number of alkyl halides is 9. The maximum Gasteiger partial charge on any atom is 0.416 e. The van der Waals surface area contributed by atoms with Gasteiger partial charge in [-0.2, -0.15) is 39.5 Å². The second kappa shape index (κ2) is 14.8. The summed E-state index contributed by atoms with van der Waals surface area (Å²) in [7, 11) is -3.18. The molecular formula is C40H33F9P2. The molecule has 5 aromatic rings. The van der Waals surface area contributed by atoms with E-state index in [1.54, 1.807) is 6.92 Å². The third-order valence-electron chi connectivity index (χ3n) is 9.50. The zero-order chi connectivity index (χ0) is 36.6. The quantitative estimate of drug-likeness (QED) is 0.110. The van der Waals surface area contributed by atoms with Gasteiger partial charge in [0.2, 0.25) is 0 Å². The summed E-state index contributed by atoms with van der Waals surface area (Å²) in [5, 5.41) is 3.14. The van der Waals surface area contributed by atoms with E-state index in [4.69, 9.17) is 0 Å². The molecule has 0 heterocycles. The van der Waals surface area contributed by atoms with E-state index < -0.39 is 56.7 Å². The molecule has 4 atom stereocenters. The normalized spacial score (nSPS) is 18.2. The van der Waals surface area contributed by atoms with Crippen LogP contribution in [0.3, 0.4) is 0 Å². The molecule has 3 unspecified atom stereocenters. The highest BCUT2D eigenvalue weighted by Crippen LogP contribution is 2.54. The van der Waals surface area contributed by atoms with E-state index in [0.717, 1.165) is 46.5 Å². The van der Waals surface area contributed by atoms with E-state index in [0.29, 0.717) is 18.6 Å². The minimum Gasteiger partial charge on any atom is -0.166 e. The summed E-state index contributed by atoms with van der Waals surface area (Å²) < 4.78 is 127. The fourth-order valence-electron chi connectivity index (χ4n) is 7.26. The van der Waals surface area contributed by atoms with Gasteiger partial charge in [0.25, 0.3) is 0 Å². The van der Waals surface area contributed by atoms with Crippen LogP contribution in [0.15, 0.2) is 127 Å².